The second-order valence-electron chi connectivity index (χ2n) is 4.78. The van der Waals surface area contributed by atoms with Crippen LogP contribution in [0.4, 0.5) is 0 Å². The molecule has 0 radical (unpaired) electrons. The number of hydrogen-bond donors (Lipinski definition) is 0. The third-order valence-corrected chi connectivity index (χ3v) is 3.55. The Bertz CT molecular complexity index is 627. The zero-order valence-electron chi connectivity index (χ0n) is 12.1. The van der Waals surface area contributed by atoms with Crippen molar-refractivity contribution in [3.8, 4) is 0 Å². The summed E-state index contributed by atoms with van der Waals surface area (Å²) in [6.07, 6.45) is 10.9. The van der Waals surface area contributed by atoms with Crippen LogP contribution in [0.25, 0.3) is 11.6 Å². The van der Waals surface area contributed by atoms with E-state index in [1.165, 1.54) is 5.56 Å². The van der Waals surface area contributed by atoms with Crippen LogP contribution in [0.5, 0.6) is 0 Å². The zero-order chi connectivity index (χ0) is 14.5. The van der Waals surface area contributed by atoms with Gasteiger partial charge in [-0.15, -0.1) is 0 Å². The molecule has 0 aliphatic heterocycles. The fraction of sp³-hybridized carbons (Fsp3) is 0.158. The normalized spacial score (nSPS) is 14.1. The molecule has 1 heteroatoms. The summed E-state index contributed by atoms with van der Waals surface area (Å²) in [7, 11) is 1.70. The van der Waals surface area contributed by atoms with Crippen LogP contribution in [0.3, 0.4) is 0 Å². The summed E-state index contributed by atoms with van der Waals surface area (Å²) in [5, 5.41) is 0. The minimum absolute atomic E-state index is 0.785. The summed E-state index contributed by atoms with van der Waals surface area (Å²) in [5.41, 5.74) is 5.65. The average Bonchev–Trinajstić information content (AvgIpc) is 2.71. The molecular weight excluding hydrogens is 244 g/mol. The van der Waals surface area contributed by atoms with Gasteiger partial charge in [-0.3, -0.25) is 0 Å². The molecule has 0 heterocycles. The van der Waals surface area contributed by atoms with E-state index >= 15 is 0 Å². The number of hydrogen-bond acceptors (Lipinski definition) is 1. The lowest BCUT2D eigenvalue weighted by atomic mass is 9.92. The highest BCUT2D eigenvalue weighted by Gasteiger charge is 2.10. The quantitative estimate of drug-likeness (QED) is 0.738. The first-order valence-corrected chi connectivity index (χ1v) is 6.70. The molecule has 0 N–H and O–H groups in total. The Labute approximate surface area is 121 Å². The first-order valence-electron chi connectivity index (χ1n) is 6.70. The molecule has 0 bridgehead atoms. The minimum Gasteiger partial charge on any atom is -0.501 e. The molecule has 102 valence electrons. The number of rotatable bonds is 4. The monoisotopic (exact) mass is 264 g/mol. The molecule has 1 aromatic carbocycles. The lowest BCUT2D eigenvalue weighted by Crippen LogP contribution is -1.93. The van der Waals surface area contributed by atoms with Gasteiger partial charge in [-0.1, -0.05) is 55.7 Å². The largest absolute Gasteiger partial charge is 0.501 e. The van der Waals surface area contributed by atoms with E-state index in [-0.39, 0.29) is 0 Å². The van der Waals surface area contributed by atoms with E-state index < -0.39 is 0 Å². The number of ether oxygens (including phenoxy) is 1. The van der Waals surface area contributed by atoms with Crippen molar-refractivity contribution in [1.29, 1.82) is 0 Å². The Hall–Kier alpha value is -2.28. The molecule has 2 rings (SSSR count). The Morgan fingerprint density at radius 2 is 2.15 bits per heavy atom. The molecule has 20 heavy (non-hydrogen) atoms. The molecular formula is C19H20O. The van der Waals surface area contributed by atoms with Crippen molar-refractivity contribution >= 4 is 11.6 Å². The third-order valence-electron chi connectivity index (χ3n) is 3.55. The van der Waals surface area contributed by atoms with Gasteiger partial charge < -0.3 is 4.74 Å². The first kappa shape index (κ1) is 14.1. The maximum atomic E-state index is 5.29. The van der Waals surface area contributed by atoms with Gasteiger partial charge in [0.1, 0.15) is 0 Å². The van der Waals surface area contributed by atoms with Crippen LogP contribution >= 0.6 is 0 Å². The molecule has 1 nitrogen and oxygen atoms in total. The van der Waals surface area contributed by atoms with Crippen LogP contribution in [0.1, 0.15) is 23.1 Å². The van der Waals surface area contributed by atoms with Crippen LogP contribution in [0.15, 0.2) is 67.0 Å². The standard InChI is InChI=1S/C19H20O/c1-5-18-14(2)8-6-11-19(18)15(3)16-9-7-10-17(20-4)13-12-16/h5-12H,1,3,13H2,2,4H3. The summed E-state index contributed by atoms with van der Waals surface area (Å²) in [4.78, 5) is 0. The number of methoxy groups -OCH3 is 1. The van der Waals surface area contributed by atoms with E-state index in [1.54, 1.807) is 7.11 Å². The molecule has 0 saturated heterocycles. The van der Waals surface area contributed by atoms with Gasteiger partial charge in [0.2, 0.25) is 0 Å². The molecule has 1 aliphatic rings. The lowest BCUT2D eigenvalue weighted by molar-refractivity contribution is 0.285. The summed E-state index contributed by atoms with van der Waals surface area (Å²) in [6, 6.07) is 6.24. The van der Waals surface area contributed by atoms with Gasteiger partial charge in [-0.25, -0.2) is 0 Å². The van der Waals surface area contributed by atoms with Gasteiger partial charge in [0.25, 0.3) is 0 Å². The molecule has 1 aromatic rings. The maximum absolute atomic E-state index is 5.29. The van der Waals surface area contributed by atoms with Crippen molar-refractivity contribution in [2.75, 3.05) is 7.11 Å². The molecule has 1 aliphatic carbocycles. The second-order valence-corrected chi connectivity index (χ2v) is 4.78. The molecule has 0 spiro atoms. The fourth-order valence-corrected chi connectivity index (χ4v) is 2.35. The second kappa shape index (κ2) is 6.25. The lowest BCUT2D eigenvalue weighted by Gasteiger charge is -2.13. The van der Waals surface area contributed by atoms with Crippen molar-refractivity contribution < 1.29 is 4.74 Å². The van der Waals surface area contributed by atoms with Crippen LogP contribution in [0, 0.1) is 6.92 Å². The van der Waals surface area contributed by atoms with Crippen molar-refractivity contribution in [3.05, 3.63) is 83.7 Å². The third kappa shape index (κ3) is 2.83. The van der Waals surface area contributed by atoms with E-state index in [0.29, 0.717) is 0 Å². The minimum atomic E-state index is 0.785. The van der Waals surface area contributed by atoms with Gasteiger partial charge in [0.05, 0.1) is 12.9 Å². The highest BCUT2D eigenvalue weighted by Crippen LogP contribution is 2.29. The average molecular weight is 264 g/mol. The number of benzene rings is 1. The van der Waals surface area contributed by atoms with Crippen molar-refractivity contribution in [2.24, 2.45) is 0 Å². The van der Waals surface area contributed by atoms with E-state index in [4.69, 9.17) is 4.74 Å². The molecule has 0 fully saturated rings. The van der Waals surface area contributed by atoms with Gasteiger partial charge in [0, 0.05) is 6.42 Å². The maximum Gasteiger partial charge on any atom is 0.0993 e. The Morgan fingerprint density at radius 3 is 2.85 bits per heavy atom. The van der Waals surface area contributed by atoms with Crippen molar-refractivity contribution in [2.45, 2.75) is 13.3 Å². The van der Waals surface area contributed by atoms with Gasteiger partial charge in [0.15, 0.2) is 0 Å². The summed E-state index contributed by atoms with van der Waals surface area (Å²) in [5.74, 6) is 0.956. The smallest absolute Gasteiger partial charge is 0.0993 e. The van der Waals surface area contributed by atoms with E-state index in [1.807, 2.05) is 18.2 Å². The molecule has 0 aromatic heterocycles. The van der Waals surface area contributed by atoms with E-state index in [2.05, 4.69) is 50.4 Å². The molecule has 0 atom stereocenters. The Balaban J connectivity index is 2.36. The van der Waals surface area contributed by atoms with Gasteiger partial charge in [-0.2, -0.15) is 0 Å². The summed E-state index contributed by atoms with van der Waals surface area (Å²) >= 11 is 0. The predicted octanol–water partition coefficient (Wildman–Crippen LogP) is 5.07. The number of allylic oxidation sites excluding steroid dienone is 6. The fourth-order valence-electron chi connectivity index (χ4n) is 2.35. The van der Waals surface area contributed by atoms with E-state index in [0.717, 1.165) is 34.5 Å². The highest BCUT2D eigenvalue weighted by atomic mass is 16.5. The van der Waals surface area contributed by atoms with Crippen LogP contribution in [0.2, 0.25) is 0 Å². The summed E-state index contributed by atoms with van der Waals surface area (Å²) in [6.45, 7) is 10.3. The van der Waals surface area contributed by atoms with Crippen LogP contribution in [-0.2, 0) is 4.74 Å². The first-order chi connectivity index (χ1) is 9.67. The topological polar surface area (TPSA) is 9.23 Å². The number of aryl methyl sites for hydroxylation is 1. The van der Waals surface area contributed by atoms with Crippen molar-refractivity contribution in [1.82, 2.24) is 0 Å². The van der Waals surface area contributed by atoms with Crippen LogP contribution in [-0.4, -0.2) is 7.11 Å². The van der Waals surface area contributed by atoms with Crippen LogP contribution < -0.4 is 0 Å². The predicted molar refractivity (Wildman–Crippen MR) is 87.2 cm³/mol. The van der Waals surface area contributed by atoms with Gasteiger partial charge >= 0.3 is 0 Å². The van der Waals surface area contributed by atoms with E-state index in [9.17, 15) is 0 Å². The zero-order valence-corrected chi connectivity index (χ0v) is 12.1. The Kier molecular flexibility index (Phi) is 4.41. The van der Waals surface area contributed by atoms with Gasteiger partial charge in [-0.05, 0) is 40.8 Å². The van der Waals surface area contributed by atoms with Crippen molar-refractivity contribution in [3.63, 3.8) is 0 Å². The molecule has 0 saturated carbocycles. The molecule has 0 amide bonds. The highest BCUT2D eigenvalue weighted by molar-refractivity contribution is 5.85. The molecule has 0 unspecified atom stereocenters. The summed E-state index contributed by atoms with van der Waals surface area (Å²) < 4.78 is 5.29. The Morgan fingerprint density at radius 1 is 1.35 bits per heavy atom. The SMILES string of the molecule is C=Cc1c(C)cccc1C(=C)C1=CCC(OC)=CC=C1.